The Kier molecular flexibility index (Phi) is 4.04. The van der Waals surface area contributed by atoms with Gasteiger partial charge in [-0.25, -0.2) is 0 Å². The Bertz CT molecular complexity index is 461. The van der Waals surface area contributed by atoms with Crippen LogP contribution in [0.4, 0.5) is 5.69 Å². The molecule has 0 radical (unpaired) electrons. The number of rotatable bonds is 3. The van der Waals surface area contributed by atoms with Crippen molar-refractivity contribution in [1.29, 1.82) is 0 Å². The SMILES string of the molecule is C=CCN1CCN(c2cccc(Cl)c2)C(=O)C1C. The quantitative estimate of drug-likeness (QED) is 0.784. The number of anilines is 1. The topological polar surface area (TPSA) is 23.6 Å². The molecule has 1 aromatic carbocycles. The molecule has 18 heavy (non-hydrogen) atoms. The van der Waals surface area contributed by atoms with E-state index in [0.717, 1.165) is 18.8 Å². The Morgan fingerprint density at radius 1 is 1.50 bits per heavy atom. The standard InChI is InChI=1S/C14H17ClN2O/c1-3-7-16-8-9-17(14(18)11(16)2)13-6-4-5-12(15)10-13/h3-6,10-11H,1,7-9H2,2H3. The Hall–Kier alpha value is -1.32. The zero-order valence-corrected chi connectivity index (χ0v) is 11.2. The van der Waals surface area contributed by atoms with Crippen molar-refractivity contribution in [3.63, 3.8) is 0 Å². The van der Waals surface area contributed by atoms with Gasteiger partial charge >= 0.3 is 0 Å². The second-order valence-electron chi connectivity index (χ2n) is 4.43. The molecule has 0 aliphatic carbocycles. The highest BCUT2D eigenvalue weighted by Crippen LogP contribution is 2.23. The summed E-state index contributed by atoms with van der Waals surface area (Å²) in [6.45, 7) is 7.94. The molecule has 0 N–H and O–H groups in total. The summed E-state index contributed by atoms with van der Waals surface area (Å²) in [6.07, 6.45) is 1.83. The number of carbonyl (C=O) groups excluding carboxylic acids is 1. The van der Waals surface area contributed by atoms with Crippen molar-refractivity contribution in [2.45, 2.75) is 13.0 Å². The molecule has 0 saturated carbocycles. The van der Waals surface area contributed by atoms with Crippen molar-refractivity contribution in [3.8, 4) is 0 Å². The molecule has 1 aliphatic heterocycles. The molecule has 1 aromatic rings. The summed E-state index contributed by atoms with van der Waals surface area (Å²) in [5, 5.41) is 0.654. The molecule has 1 saturated heterocycles. The number of nitrogens with zero attached hydrogens (tertiary/aromatic N) is 2. The molecule has 2 rings (SSSR count). The van der Waals surface area contributed by atoms with E-state index in [1.54, 1.807) is 4.90 Å². The van der Waals surface area contributed by atoms with Gasteiger partial charge in [-0.15, -0.1) is 6.58 Å². The number of hydrogen-bond donors (Lipinski definition) is 0. The lowest BCUT2D eigenvalue weighted by Gasteiger charge is -2.38. The van der Waals surface area contributed by atoms with Gasteiger partial charge in [0.2, 0.25) is 5.91 Å². The fraction of sp³-hybridized carbons (Fsp3) is 0.357. The largest absolute Gasteiger partial charge is 0.310 e. The second kappa shape index (κ2) is 5.55. The second-order valence-corrected chi connectivity index (χ2v) is 4.87. The van der Waals surface area contributed by atoms with E-state index in [1.807, 2.05) is 37.3 Å². The lowest BCUT2D eigenvalue weighted by molar-refractivity contribution is -0.124. The van der Waals surface area contributed by atoms with Gasteiger partial charge in [0.25, 0.3) is 0 Å². The first-order valence-electron chi connectivity index (χ1n) is 6.05. The Morgan fingerprint density at radius 2 is 2.28 bits per heavy atom. The van der Waals surface area contributed by atoms with Crippen LogP contribution in [0.25, 0.3) is 0 Å². The van der Waals surface area contributed by atoms with Crippen LogP contribution in [0.3, 0.4) is 0 Å². The molecule has 4 heteroatoms. The van der Waals surface area contributed by atoms with Gasteiger partial charge in [-0.3, -0.25) is 9.69 Å². The fourth-order valence-corrected chi connectivity index (χ4v) is 2.41. The average Bonchev–Trinajstić information content (AvgIpc) is 2.35. The average molecular weight is 265 g/mol. The highest BCUT2D eigenvalue weighted by atomic mass is 35.5. The van der Waals surface area contributed by atoms with E-state index in [-0.39, 0.29) is 11.9 Å². The molecule has 1 heterocycles. The zero-order chi connectivity index (χ0) is 13.1. The Morgan fingerprint density at radius 3 is 2.94 bits per heavy atom. The van der Waals surface area contributed by atoms with Crippen molar-refractivity contribution >= 4 is 23.2 Å². The molecule has 1 atom stereocenters. The van der Waals surface area contributed by atoms with Gasteiger partial charge in [-0.05, 0) is 25.1 Å². The van der Waals surface area contributed by atoms with Crippen molar-refractivity contribution < 1.29 is 4.79 Å². The summed E-state index contributed by atoms with van der Waals surface area (Å²) < 4.78 is 0. The Balaban J connectivity index is 2.17. The summed E-state index contributed by atoms with van der Waals surface area (Å²) in [5.41, 5.74) is 0.873. The van der Waals surface area contributed by atoms with Crippen LogP contribution in [0.5, 0.6) is 0 Å². The van der Waals surface area contributed by atoms with Gasteiger partial charge in [-0.2, -0.15) is 0 Å². The van der Waals surface area contributed by atoms with Gasteiger partial charge in [0.1, 0.15) is 0 Å². The number of piperazine rings is 1. The first kappa shape index (κ1) is 13.1. The molecule has 0 aromatic heterocycles. The van der Waals surface area contributed by atoms with Crippen LogP contribution in [0.1, 0.15) is 6.92 Å². The third-order valence-corrected chi connectivity index (χ3v) is 3.50. The van der Waals surface area contributed by atoms with E-state index < -0.39 is 0 Å². The minimum atomic E-state index is -0.115. The molecule has 0 bridgehead atoms. The van der Waals surface area contributed by atoms with E-state index in [2.05, 4.69) is 11.5 Å². The van der Waals surface area contributed by atoms with E-state index in [4.69, 9.17) is 11.6 Å². The van der Waals surface area contributed by atoms with Gasteiger partial charge < -0.3 is 4.90 Å². The van der Waals surface area contributed by atoms with Gasteiger partial charge in [0.15, 0.2) is 0 Å². The highest BCUT2D eigenvalue weighted by Gasteiger charge is 2.31. The van der Waals surface area contributed by atoms with Gasteiger partial charge in [-0.1, -0.05) is 23.7 Å². The Labute approximate surface area is 113 Å². The van der Waals surface area contributed by atoms with Gasteiger partial charge in [0, 0.05) is 30.3 Å². The molecule has 96 valence electrons. The molecule has 1 unspecified atom stereocenters. The monoisotopic (exact) mass is 264 g/mol. The normalized spacial score (nSPS) is 21.1. The molecule has 1 amide bonds. The van der Waals surface area contributed by atoms with Crippen LogP contribution in [0.15, 0.2) is 36.9 Å². The molecule has 1 fully saturated rings. The van der Waals surface area contributed by atoms with Crippen LogP contribution < -0.4 is 4.90 Å². The van der Waals surface area contributed by atoms with Crippen LogP contribution >= 0.6 is 11.6 Å². The molecule has 0 spiro atoms. The molecular weight excluding hydrogens is 248 g/mol. The number of benzene rings is 1. The van der Waals surface area contributed by atoms with Crippen molar-refractivity contribution in [3.05, 3.63) is 41.9 Å². The van der Waals surface area contributed by atoms with Crippen molar-refractivity contribution in [2.24, 2.45) is 0 Å². The lowest BCUT2D eigenvalue weighted by Crippen LogP contribution is -2.55. The predicted molar refractivity (Wildman–Crippen MR) is 75.0 cm³/mol. The third-order valence-electron chi connectivity index (χ3n) is 3.27. The maximum Gasteiger partial charge on any atom is 0.244 e. The van der Waals surface area contributed by atoms with E-state index in [9.17, 15) is 4.79 Å². The van der Waals surface area contributed by atoms with E-state index in [1.165, 1.54) is 0 Å². The summed E-state index contributed by atoms with van der Waals surface area (Å²) in [6, 6.07) is 7.31. The minimum absolute atomic E-state index is 0.115. The van der Waals surface area contributed by atoms with E-state index >= 15 is 0 Å². The van der Waals surface area contributed by atoms with Crippen LogP contribution in [-0.2, 0) is 4.79 Å². The number of amides is 1. The third kappa shape index (κ3) is 2.57. The minimum Gasteiger partial charge on any atom is -0.310 e. The molecule has 3 nitrogen and oxygen atoms in total. The van der Waals surface area contributed by atoms with Crippen molar-refractivity contribution in [2.75, 3.05) is 24.5 Å². The first-order valence-corrected chi connectivity index (χ1v) is 6.43. The van der Waals surface area contributed by atoms with Crippen LogP contribution in [-0.4, -0.2) is 36.5 Å². The molecular formula is C14H17ClN2O. The summed E-state index contributed by atoms with van der Waals surface area (Å²) in [5.74, 6) is 0.116. The smallest absolute Gasteiger partial charge is 0.244 e. The summed E-state index contributed by atoms with van der Waals surface area (Å²) in [4.78, 5) is 16.3. The van der Waals surface area contributed by atoms with Gasteiger partial charge in [0.05, 0.1) is 6.04 Å². The van der Waals surface area contributed by atoms with Crippen molar-refractivity contribution in [1.82, 2.24) is 4.90 Å². The predicted octanol–water partition coefficient (Wildman–Crippen LogP) is 2.56. The maximum atomic E-state index is 12.3. The number of halogens is 1. The van der Waals surface area contributed by atoms with E-state index in [0.29, 0.717) is 11.6 Å². The summed E-state index contributed by atoms with van der Waals surface area (Å²) >= 11 is 5.96. The first-order chi connectivity index (χ1) is 8.63. The highest BCUT2D eigenvalue weighted by molar-refractivity contribution is 6.30. The van der Waals surface area contributed by atoms with Crippen LogP contribution in [0.2, 0.25) is 5.02 Å². The lowest BCUT2D eigenvalue weighted by atomic mass is 10.1. The maximum absolute atomic E-state index is 12.3. The number of carbonyl (C=O) groups is 1. The number of hydrogen-bond acceptors (Lipinski definition) is 2. The molecule has 1 aliphatic rings. The zero-order valence-electron chi connectivity index (χ0n) is 10.5. The fourth-order valence-electron chi connectivity index (χ4n) is 2.23. The van der Waals surface area contributed by atoms with Crippen LogP contribution in [0, 0.1) is 0 Å². The summed E-state index contributed by atoms with van der Waals surface area (Å²) in [7, 11) is 0.